The van der Waals surface area contributed by atoms with Crippen LogP contribution in [-0.2, 0) is 14.3 Å². The number of hydrogen-bond acceptors (Lipinski definition) is 5. The summed E-state index contributed by atoms with van der Waals surface area (Å²) in [5.41, 5.74) is 0.203. The SMILES string of the molecule is COc1ccc(NC(=O)COC(=O)CNC(=O)c2ccccc2F)cc1Cl. The average Bonchev–Trinajstić information content (AvgIpc) is 2.65. The molecule has 0 radical (unpaired) electrons. The van der Waals surface area contributed by atoms with Crippen LogP contribution in [0.25, 0.3) is 0 Å². The maximum absolute atomic E-state index is 13.5. The Hall–Kier alpha value is -3.13. The highest BCUT2D eigenvalue weighted by molar-refractivity contribution is 6.32. The number of nitrogens with one attached hydrogen (secondary N) is 2. The first-order valence-corrected chi connectivity index (χ1v) is 8.10. The van der Waals surface area contributed by atoms with Crippen LogP contribution >= 0.6 is 11.6 Å². The number of rotatable bonds is 7. The van der Waals surface area contributed by atoms with Crippen LogP contribution < -0.4 is 15.4 Å². The van der Waals surface area contributed by atoms with E-state index >= 15 is 0 Å². The molecule has 0 saturated heterocycles. The summed E-state index contributed by atoms with van der Waals surface area (Å²) in [4.78, 5) is 35.2. The van der Waals surface area contributed by atoms with Gasteiger partial charge in [0, 0.05) is 5.69 Å². The molecule has 7 nitrogen and oxygen atoms in total. The zero-order valence-corrected chi connectivity index (χ0v) is 15.0. The van der Waals surface area contributed by atoms with E-state index in [4.69, 9.17) is 21.1 Å². The highest BCUT2D eigenvalue weighted by Crippen LogP contribution is 2.27. The second-order valence-corrected chi connectivity index (χ2v) is 5.63. The van der Waals surface area contributed by atoms with E-state index < -0.39 is 36.8 Å². The Balaban J connectivity index is 1.76. The van der Waals surface area contributed by atoms with Gasteiger partial charge in [-0.2, -0.15) is 0 Å². The second kappa shape index (κ2) is 9.54. The van der Waals surface area contributed by atoms with E-state index in [9.17, 15) is 18.8 Å². The summed E-state index contributed by atoms with van der Waals surface area (Å²) >= 11 is 5.94. The van der Waals surface area contributed by atoms with Crippen molar-refractivity contribution in [3.63, 3.8) is 0 Å². The molecule has 2 amide bonds. The van der Waals surface area contributed by atoms with Crippen LogP contribution in [0, 0.1) is 5.82 Å². The molecule has 2 rings (SSSR count). The first-order valence-electron chi connectivity index (χ1n) is 7.72. The fraction of sp³-hybridized carbons (Fsp3) is 0.167. The monoisotopic (exact) mass is 394 g/mol. The first-order chi connectivity index (χ1) is 12.9. The van der Waals surface area contributed by atoms with Gasteiger partial charge >= 0.3 is 5.97 Å². The molecule has 27 heavy (non-hydrogen) atoms. The maximum atomic E-state index is 13.5. The molecule has 0 aliphatic heterocycles. The molecule has 0 aliphatic rings. The predicted octanol–water partition coefficient (Wildman–Crippen LogP) is 2.40. The van der Waals surface area contributed by atoms with E-state index in [1.807, 2.05) is 0 Å². The third-order valence-corrected chi connectivity index (χ3v) is 3.61. The summed E-state index contributed by atoms with van der Waals surface area (Å²) in [7, 11) is 1.46. The molecule has 0 spiro atoms. The van der Waals surface area contributed by atoms with E-state index in [1.165, 1.54) is 31.4 Å². The predicted molar refractivity (Wildman–Crippen MR) is 96.3 cm³/mol. The number of carbonyl (C=O) groups excluding carboxylic acids is 3. The summed E-state index contributed by atoms with van der Waals surface area (Å²) in [5, 5.41) is 5.02. The van der Waals surface area contributed by atoms with Crippen LogP contribution in [0.5, 0.6) is 5.75 Å². The lowest BCUT2D eigenvalue weighted by Crippen LogP contribution is -2.32. The molecule has 2 N–H and O–H groups in total. The number of carbonyl (C=O) groups is 3. The fourth-order valence-electron chi connectivity index (χ4n) is 2.03. The van der Waals surface area contributed by atoms with Gasteiger partial charge in [-0.3, -0.25) is 14.4 Å². The van der Waals surface area contributed by atoms with Crippen molar-refractivity contribution in [2.45, 2.75) is 0 Å². The number of esters is 1. The molecular formula is C18H16ClFN2O5. The Morgan fingerprint density at radius 2 is 1.89 bits per heavy atom. The maximum Gasteiger partial charge on any atom is 0.325 e. The molecule has 2 aromatic rings. The van der Waals surface area contributed by atoms with Gasteiger partial charge in [-0.15, -0.1) is 0 Å². The number of amides is 2. The Morgan fingerprint density at radius 1 is 1.15 bits per heavy atom. The lowest BCUT2D eigenvalue weighted by atomic mass is 10.2. The van der Waals surface area contributed by atoms with Gasteiger partial charge in [0.05, 0.1) is 17.7 Å². The zero-order valence-electron chi connectivity index (χ0n) is 14.3. The molecule has 0 aliphatic carbocycles. The quantitative estimate of drug-likeness (QED) is 0.703. The molecule has 0 saturated carbocycles. The van der Waals surface area contributed by atoms with Crippen molar-refractivity contribution in [2.75, 3.05) is 25.6 Å². The standard InChI is InChI=1S/C18H16ClFN2O5/c1-26-15-7-6-11(8-13(15)19)22-16(23)10-27-17(24)9-21-18(25)12-4-2-3-5-14(12)20/h2-8H,9-10H2,1H3,(H,21,25)(H,22,23). The molecule has 2 aromatic carbocycles. The van der Waals surface area contributed by atoms with Gasteiger partial charge in [0.15, 0.2) is 6.61 Å². The van der Waals surface area contributed by atoms with Gasteiger partial charge < -0.3 is 20.1 Å². The van der Waals surface area contributed by atoms with E-state index in [2.05, 4.69) is 10.6 Å². The normalized spacial score (nSPS) is 10.0. The number of ether oxygens (including phenoxy) is 2. The Bertz CT molecular complexity index is 859. The molecule has 0 aromatic heterocycles. The van der Waals surface area contributed by atoms with Crippen molar-refractivity contribution in [2.24, 2.45) is 0 Å². The van der Waals surface area contributed by atoms with Gasteiger partial charge in [-0.05, 0) is 30.3 Å². The highest BCUT2D eigenvalue weighted by Gasteiger charge is 2.14. The summed E-state index contributed by atoms with van der Waals surface area (Å²) in [5.74, 6) is -2.46. The number of hydrogen-bond donors (Lipinski definition) is 2. The topological polar surface area (TPSA) is 93.7 Å². The highest BCUT2D eigenvalue weighted by atomic mass is 35.5. The van der Waals surface area contributed by atoms with E-state index in [1.54, 1.807) is 12.1 Å². The fourth-order valence-corrected chi connectivity index (χ4v) is 2.29. The molecular weight excluding hydrogens is 379 g/mol. The number of halogens is 2. The molecule has 0 unspecified atom stereocenters. The molecule has 0 heterocycles. The van der Waals surface area contributed by atoms with Gasteiger partial charge in [0.1, 0.15) is 18.1 Å². The minimum Gasteiger partial charge on any atom is -0.495 e. The number of benzene rings is 2. The summed E-state index contributed by atoms with van der Waals surface area (Å²) in [6.07, 6.45) is 0. The summed E-state index contributed by atoms with van der Waals surface area (Å²) < 4.78 is 23.2. The third kappa shape index (κ3) is 5.96. The molecule has 9 heteroatoms. The van der Waals surface area contributed by atoms with Crippen molar-refractivity contribution >= 4 is 35.1 Å². The summed E-state index contributed by atoms with van der Waals surface area (Å²) in [6.45, 7) is -1.06. The van der Waals surface area contributed by atoms with Crippen LogP contribution in [0.4, 0.5) is 10.1 Å². The van der Waals surface area contributed by atoms with Crippen LogP contribution in [-0.4, -0.2) is 38.0 Å². The van der Waals surface area contributed by atoms with E-state index in [0.717, 1.165) is 6.07 Å². The lowest BCUT2D eigenvalue weighted by Gasteiger charge is -2.09. The minimum absolute atomic E-state index is 0.195. The van der Waals surface area contributed by atoms with E-state index in [-0.39, 0.29) is 5.56 Å². The zero-order chi connectivity index (χ0) is 19.8. The summed E-state index contributed by atoms with van der Waals surface area (Å²) in [6, 6.07) is 9.96. The second-order valence-electron chi connectivity index (χ2n) is 5.22. The van der Waals surface area contributed by atoms with Crippen molar-refractivity contribution in [1.82, 2.24) is 5.32 Å². The molecule has 0 atom stereocenters. The van der Waals surface area contributed by atoms with E-state index in [0.29, 0.717) is 16.5 Å². The smallest absolute Gasteiger partial charge is 0.325 e. The van der Waals surface area contributed by atoms with Gasteiger partial charge in [0.25, 0.3) is 11.8 Å². The van der Waals surface area contributed by atoms with Crippen LogP contribution in [0.1, 0.15) is 10.4 Å². The first kappa shape index (κ1) is 20.2. The molecule has 0 fully saturated rings. The molecule has 0 bridgehead atoms. The van der Waals surface area contributed by atoms with Crippen molar-refractivity contribution < 1.29 is 28.2 Å². The van der Waals surface area contributed by atoms with Crippen molar-refractivity contribution in [1.29, 1.82) is 0 Å². The largest absolute Gasteiger partial charge is 0.495 e. The Morgan fingerprint density at radius 3 is 2.56 bits per heavy atom. The third-order valence-electron chi connectivity index (χ3n) is 3.31. The van der Waals surface area contributed by atoms with Crippen molar-refractivity contribution in [3.8, 4) is 5.75 Å². The van der Waals surface area contributed by atoms with Crippen molar-refractivity contribution in [3.05, 3.63) is 58.9 Å². The number of anilines is 1. The lowest BCUT2D eigenvalue weighted by molar-refractivity contribution is -0.146. The number of methoxy groups -OCH3 is 1. The Labute approximate surface area is 159 Å². The van der Waals surface area contributed by atoms with Crippen LogP contribution in [0.3, 0.4) is 0 Å². The molecule has 142 valence electrons. The van der Waals surface area contributed by atoms with Crippen LogP contribution in [0.2, 0.25) is 5.02 Å². The Kier molecular flexibility index (Phi) is 7.13. The van der Waals surface area contributed by atoms with Gasteiger partial charge in [0.2, 0.25) is 0 Å². The average molecular weight is 395 g/mol. The van der Waals surface area contributed by atoms with Crippen LogP contribution in [0.15, 0.2) is 42.5 Å². The minimum atomic E-state index is -0.845. The van der Waals surface area contributed by atoms with Gasteiger partial charge in [-0.1, -0.05) is 23.7 Å². The van der Waals surface area contributed by atoms with Gasteiger partial charge in [-0.25, -0.2) is 4.39 Å².